The molecular weight excluding hydrogens is 212 g/mol. The summed E-state index contributed by atoms with van der Waals surface area (Å²) < 4.78 is 0. The van der Waals surface area contributed by atoms with Crippen molar-refractivity contribution in [1.29, 1.82) is 5.26 Å². The van der Waals surface area contributed by atoms with Crippen LogP contribution < -0.4 is 5.32 Å². The molecule has 0 unspecified atom stereocenters. The van der Waals surface area contributed by atoms with Crippen LogP contribution in [0.25, 0.3) is 0 Å². The molecule has 2 fully saturated rings. The number of rotatable bonds is 2. The van der Waals surface area contributed by atoms with Crippen molar-refractivity contribution in [2.45, 2.75) is 63.3 Å². The van der Waals surface area contributed by atoms with Crippen LogP contribution >= 0.6 is 0 Å². The first kappa shape index (κ1) is 12.2. The molecule has 1 amide bonds. The molecule has 0 aliphatic heterocycles. The minimum absolute atomic E-state index is 0.0645. The van der Waals surface area contributed by atoms with Crippen LogP contribution in [0, 0.1) is 11.3 Å². The van der Waals surface area contributed by atoms with Crippen LogP contribution in [0.4, 0.5) is 0 Å². The second-order valence-corrected chi connectivity index (χ2v) is 5.25. The third-order valence-corrected chi connectivity index (χ3v) is 3.86. The highest BCUT2D eigenvalue weighted by molar-refractivity contribution is 5.89. The van der Waals surface area contributed by atoms with Gasteiger partial charge in [-0.05, 0) is 51.4 Å². The molecule has 3 heteroatoms. The van der Waals surface area contributed by atoms with Crippen molar-refractivity contribution in [3.8, 4) is 6.07 Å². The van der Waals surface area contributed by atoms with Gasteiger partial charge in [-0.1, -0.05) is 12.0 Å². The Balaban J connectivity index is 1.94. The van der Waals surface area contributed by atoms with E-state index in [0.29, 0.717) is 0 Å². The normalized spacial score (nSPS) is 22.9. The SMILES string of the molecule is N#CC1(NC(=O)C=C2CCCCC2)CCCC1. The maximum absolute atomic E-state index is 11.9. The standard InChI is InChI=1S/C14H20N2O/c15-11-14(8-4-5-9-14)16-13(17)10-12-6-2-1-3-7-12/h10H,1-9H2,(H,16,17). The Bertz CT molecular complexity index is 351. The fraction of sp³-hybridized carbons (Fsp3) is 0.714. The molecule has 0 aromatic heterocycles. The molecule has 0 bridgehead atoms. The van der Waals surface area contributed by atoms with E-state index in [1.807, 2.05) is 0 Å². The lowest BCUT2D eigenvalue weighted by atomic mass is 9.94. The number of nitrogens with one attached hydrogen (secondary N) is 1. The number of carbonyl (C=O) groups is 1. The highest BCUT2D eigenvalue weighted by Gasteiger charge is 2.34. The Morgan fingerprint density at radius 2 is 1.82 bits per heavy atom. The lowest BCUT2D eigenvalue weighted by Gasteiger charge is -2.21. The average molecular weight is 232 g/mol. The first-order valence-electron chi connectivity index (χ1n) is 6.67. The number of hydrogen-bond acceptors (Lipinski definition) is 2. The summed E-state index contributed by atoms with van der Waals surface area (Å²) in [6.45, 7) is 0. The Hall–Kier alpha value is -1.30. The quantitative estimate of drug-likeness (QED) is 0.744. The molecule has 2 aliphatic rings. The lowest BCUT2D eigenvalue weighted by Crippen LogP contribution is -2.44. The maximum atomic E-state index is 11.9. The van der Waals surface area contributed by atoms with Crippen LogP contribution in [0.15, 0.2) is 11.6 Å². The van der Waals surface area contributed by atoms with Crippen molar-refractivity contribution in [3.05, 3.63) is 11.6 Å². The van der Waals surface area contributed by atoms with Gasteiger partial charge < -0.3 is 5.32 Å². The molecule has 0 saturated heterocycles. The summed E-state index contributed by atoms with van der Waals surface area (Å²) in [7, 11) is 0. The van der Waals surface area contributed by atoms with E-state index in [-0.39, 0.29) is 5.91 Å². The molecular formula is C14H20N2O. The van der Waals surface area contributed by atoms with Crippen molar-refractivity contribution in [2.75, 3.05) is 0 Å². The number of amides is 1. The Kier molecular flexibility index (Phi) is 3.83. The molecule has 0 atom stereocenters. The topological polar surface area (TPSA) is 52.9 Å². The van der Waals surface area contributed by atoms with Crippen molar-refractivity contribution in [1.82, 2.24) is 5.32 Å². The van der Waals surface area contributed by atoms with Crippen LogP contribution in [0.3, 0.4) is 0 Å². The molecule has 0 aromatic carbocycles. The van der Waals surface area contributed by atoms with E-state index in [1.165, 1.54) is 24.8 Å². The molecule has 2 saturated carbocycles. The average Bonchev–Trinajstić information content (AvgIpc) is 2.79. The molecule has 1 N–H and O–H groups in total. The second-order valence-electron chi connectivity index (χ2n) is 5.25. The van der Waals surface area contributed by atoms with Crippen LogP contribution in [0.1, 0.15) is 57.8 Å². The Morgan fingerprint density at radius 1 is 1.18 bits per heavy atom. The van der Waals surface area contributed by atoms with E-state index < -0.39 is 5.54 Å². The largest absolute Gasteiger partial charge is 0.334 e. The van der Waals surface area contributed by atoms with Crippen molar-refractivity contribution < 1.29 is 4.79 Å². The summed E-state index contributed by atoms with van der Waals surface area (Å²) in [5.74, 6) is -0.0645. The molecule has 92 valence electrons. The second kappa shape index (κ2) is 5.35. The van der Waals surface area contributed by atoms with Gasteiger partial charge in [-0.15, -0.1) is 0 Å². The van der Waals surface area contributed by atoms with Gasteiger partial charge in [0.15, 0.2) is 0 Å². The van der Waals surface area contributed by atoms with Gasteiger partial charge in [0.1, 0.15) is 5.54 Å². The van der Waals surface area contributed by atoms with Crippen LogP contribution in [-0.2, 0) is 4.79 Å². The van der Waals surface area contributed by atoms with Crippen LogP contribution in [0.5, 0.6) is 0 Å². The van der Waals surface area contributed by atoms with Crippen LogP contribution in [0.2, 0.25) is 0 Å². The van der Waals surface area contributed by atoms with E-state index in [0.717, 1.165) is 38.5 Å². The van der Waals surface area contributed by atoms with Crippen molar-refractivity contribution >= 4 is 5.91 Å². The summed E-state index contributed by atoms with van der Waals surface area (Å²) in [5, 5.41) is 12.1. The molecule has 17 heavy (non-hydrogen) atoms. The fourth-order valence-electron chi connectivity index (χ4n) is 2.85. The number of nitriles is 1. The summed E-state index contributed by atoms with van der Waals surface area (Å²) in [6, 6.07) is 2.28. The van der Waals surface area contributed by atoms with E-state index in [1.54, 1.807) is 6.08 Å². The zero-order chi connectivity index (χ0) is 12.1. The van der Waals surface area contributed by atoms with E-state index in [2.05, 4.69) is 11.4 Å². The van der Waals surface area contributed by atoms with E-state index in [4.69, 9.17) is 0 Å². The van der Waals surface area contributed by atoms with Gasteiger partial charge >= 0.3 is 0 Å². The smallest absolute Gasteiger partial charge is 0.245 e. The fourth-order valence-corrected chi connectivity index (χ4v) is 2.85. The molecule has 2 aliphatic carbocycles. The number of nitrogens with zero attached hydrogens (tertiary/aromatic N) is 1. The predicted molar refractivity (Wildman–Crippen MR) is 66.1 cm³/mol. The van der Waals surface area contributed by atoms with E-state index in [9.17, 15) is 10.1 Å². The molecule has 0 aromatic rings. The van der Waals surface area contributed by atoms with Crippen LogP contribution in [-0.4, -0.2) is 11.4 Å². The summed E-state index contributed by atoms with van der Waals surface area (Å²) in [6.07, 6.45) is 11.2. The number of allylic oxidation sites excluding steroid dienone is 1. The Morgan fingerprint density at radius 3 is 2.41 bits per heavy atom. The van der Waals surface area contributed by atoms with Gasteiger partial charge in [0.2, 0.25) is 5.91 Å². The van der Waals surface area contributed by atoms with Gasteiger partial charge in [-0.25, -0.2) is 0 Å². The number of carbonyl (C=O) groups excluding carboxylic acids is 1. The third kappa shape index (κ3) is 3.09. The zero-order valence-corrected chi connectivity index (χ0v) is 10.3. The number of hydrogen-bond donors (Lipinski definition) is 1. The maximum Gasteiger partial charge on any atom is 0.245 e. The van der Waals surface area contributed by atoms with E-state index >= 15 is 0 Å². The van der Waals surface area contributed by atoms with Crippen molar-refractivity contribution in [2.24, 2.45) is 0 Å². The predicted octanol–water partition coefficient (Wildman–Crippen LogP) is 2.83. The van der Waals surface area contributed by atoms with Crippen molar-refractivity contribution in [3.63, 3.8) is 0 Å². The summed E-state index contributed by atoms with van der Waals surface area (Å²) in [5.41, 5.74) is 0.669. The van der Waals surface area contributed by atoms with Gasteiger partial charge in [0.25, 0.3) is 0 Å². The summed E-state index contributed by atoms with van der Waals surface area (Å²) in [4.78, 5) is 11.9. The minimum atomic E-state index is -0.581. The van der Waals surface area contributed by atoms with Gasteiger partial charge in [-0.3, -0.25) is 4.79 Å². The molecule has 3 nitrogen and oxygen atoms in total. The van der Waals surface area contributed by atoms with Gasteiger partial charge in [0.05, 0.1) is 6.07 Å². The molecule has 0 heterocycles. The lowest BCUT2D eigenvalue weighted by molar-refractivity contribution is -0.117. The minimum Gasteiger partial charge on any atom is -0.334 e. The Labute approximate surface area is 103 Å². The molecule has 0 spiro atoms. The molecule has 2 rings (SSSR count). The molecule has 0 radical (unpaired) electrons. The first-order chi connectivity index (χ1) is 8.24. The monoisotopic (exact) mass is 232 g/mol. The highest BCUT2D eigenvalue weighted by Crippen LogP contribution is 2.29. The first-order valence-corrected chi connectivity index (χ1v) is 6.67. The highest BCUT2D eigenvalue weighted by atomic mass is 16.1. The van der Waals surface area contributed by atoms with Gasteiger partial charge in [0, 0.05) is 6.08 Å². The van der Waals surface area contributed by atoms with Gasteiger partial charge in [-0.2, -0.15) is 5.26 Å². The summed E-state index contributed by atoms with van der Waals surface area (Å²) >= 11 is 0. The third-order valence-electron chi connectivity index (χ3n) is 3.86. The zero-order valence-electron chi connectivity index (χ0n) is 10.3.